The van der Waals surface area contributed by atoms with Gasteiger partial charge in [-0.2, -0.15) is 0 Å². The lowest BCUT2D eigenvalue weighted by Crippen LogP contribution is -2.52. The number of pyridine rings is 1. The van der Waals surface area contributed by atoms with Crippen LogP contribution in [0.5, 0.6) is 5.75 Å². The average Bonchev–Trinajstić information content (AvgIpc) is 3.18. The van der Waals surface area contributed by atoms with E-state index in [9.17, 15) is 9.59 Å². The molecule has 7 heteroatoms. The zero-order valence-corrected chi connectivity index (χ0v) is 18.0. The SMILES string of the molecule is COc1ccc(C(=O)N2C(C(=O)NCc3cccnc3)CSC2C(C)(C)C)cc1. The summed E-state index contributed by atoms with van der Waals surface area (Å²) >= 11 is 1.65. The lowest BCUT2D eigenvalue weighted by atomic mass is 9.94. The molecule has 1 aromatic carbocycles. The first kappa shape index (κ1) is 21.2. The highest BCUT2D eigenvalue weighted by Gasteiger charge is 2.46. The molecule has 6 nitrogen and oxygen atoms in total. The first-order valence-electron chi connectivity index (χ1n) is 9.56. The van der Waals surface area contributed by atoms with Crippen molar-refractivity contribution in [3.8, 4) is 5.75 Å². The number of methoxy groups -OCH3 is 1. The molecule has 0 saturated carbocycles. The second-order valence-electron chi connectivity index (χ2n) is 8.09. The second-order valence-corrected chi connectivity index (χ2v) is 9.20. The molecular formula is C22H27N3O3S. The molecule has 3 rings (SSSR count). The highest BCUT2D eigenvalue weighted by atomic mass is 32.2. The predicted molar refractivity (Wildman–Crippen MR) is 115 cm³/mol. The van der Waals surface area contributed by atoms with E-state index in [1.807, 2.05) is 12.1 Å². The van der Waals surface area contributed by atoms with E-state index in [4.69, 9.17) is 4.74 Å². The fraction of sp³-hybridized carbons (Fsp3) is 0.409. The van der Waals surface area contributed by atoms with Crippen LogP contribution < -0.4 is 10.1 Å². The van der Waals surface area contributed by atoms with E-state index in [2.05, 4.69) is 31.1 Å². The minimum atomic E-state index is -0.518. The summed E-state index contributed by atoms with van der Waals surface area (Å²) in [4.78, 5) is 32.2. The maximum atomic E-state index is 13.4. The maximum Gasteiger partial charge on any atom is 0.255 e. The van der Waals surface area contributed by atoms with Crippen LogP contribution in [0.1, 0.15) is 36.7 Å². The Labute approximate surface area is 176 Å². The summed E-state index contributed by atoms with van der Waals surface area (Å²) in [5, 5.41) is 2.87. The predicted octanol–water partition coefficient (Wildman–Crippen LogP) is 3.34. The van der Waals surface area contributed by atoms with Crippen LogP contribution in [0.25, 0.3) is 0 Å². The van der Waals surface area contributed by atoms with E-state index in [1.165, 1.54) is 0 Å². The number of nitrogens with one attached hydrogen (secondary N) is 1. The fourth-order valence-corrected chi connectivity index (χ4v) is 4.90. The topological polar surface area (TPSA) is 71.5 Å². The van der Waals surface area contributed by atoms with Crippen molar-refractivity contribution in [3.05, 3.63) is 59.9 Å². The molecule has 154 valence electrons. The van der Waals surface area contributed by atoms with Gasteiger partial charge < -0.3 is 15.0 Å². The second kappa shape index (κ2) is 8.86. The van der Waals surface area contributed by atoms with E-state index in [1.54, 1.807) is 60.4 Å². The van der Waals surface area contributed by atoms with Gasteiger partial charge in [0.25, 0.3) is 5.91 Å². The molecule has 1 aliphatic heterocycles. The lowest BCUT2D eigenvalue weighted by Gasteiger charge is -2.36. The zero-order valence-electron chi connectivity index (χ0n) is 17.2. The molecule has 0 bridgehead atoms. The van der Waals surface area contributed by atoms with Crippen LogP contribution in [-0.4, -0.2) is 46.0 Å². The molecule has 2 atom stereocenters. The third kappa shape index (κ3) is 4.90. The van der Waals surface area contributed by atoms with Gasteiger partial charge in [0.1, 0.15) is 11.8 Å². The summed E-state index contributed by atoms with van der Waals surface area (Å²) < 4.78 is 5.18. The maximum absolute atomic E-state index is 13.4. The Morgan fingerprint density at radius 2 is 1.97 bits per heavy atom. The number of hydrogen-bond acceptors (Lipinski definition) is 5. The average molecular weight is 414 g/mol. The van der Waals surface area contributed by atoms with Crippen molar-refractivity contribution in [3.63, 3.8) is 0 Å². The quantitative estimate of drug-likeness (QED) is 0.814. The number of carbonyl (C=O) groups excluding carboxylic acids is 2. The first-order valence-corrected chi connectivity index (χ1v) is 10.6. The number of rotatable bonds is 5. The molecule has 2 heterocycles. The number of aromatic nitrogens is 1. The summed E-state index contributed by atoms with van der Waals surface area (Å²) in [6, 6.07) is 10.2. The molecule has 0 aliphatic carbocycles. The van der Waals surface area contributed by atoms with Gasteiger partial charge in [-0.3, -0.25) is 14.6 Å². The van der Waals surface area contributed by atoms with Crippen LogP contribution >= 0.6 is 11.8 Å². The molecular weight excluding hydrogens is 386 g/mol. The summed E-state index contributed by atoms with van der Waals surface area (Å²) in [6.07, 6.45) is 3.42. The number of hydrogen-bond donors (Lipinski definition) is 1. The Hall–Kier alpha value is -2.54. The molecule has 1 aliphatic rings. The van der Waals surface area contributed by atoms with E-state index < -0.39 is 6.04 Å². The molecule has 2 amide bonds. The molecule has 1 fully saturated rings. The van der Waals surface area contributed by atoms with E-state index in [0.717, 1.165) is 5.56 Å². The van der Waals surface area contributed by atoms with E-state index in [0.29, 0.717) is 23.6 Å². The minimum Gasteiger partial charge on any atom is -0.497 e. The highest BCUT2D eigenvalue weighted by molar-refractivity contribution is 8.00. The third-order valence-corrected chi connectivity index (χ3v) is 6.56. The number of benzene rings is 1. The van der Waals surface area contributed by atoms with Crippen molar-refractivity contribution in [1.29, 1.82) is 0 Å². The Morgan fingerprint density at radius 1 is 1.24 bits per heavy atom. The number of nitrogens with zero attached hydrogens (tertiary/aromatic N) is 2. The van der Waals surface area contributed by atoms with Crippen LogP contribution in [0.2, 0.25) is 0 Å². The van der Waals surface area contributed by atoms with Crippen LogP contribution in [0.3, 0.4) is 0 Å². The largest absolute Gasteiger partial charge is 0.497 e. The number of thioether (sulfide) groups is 1. The lowest BCUT2D eigenvalue weighted by molar-refractivity contribution is -0.125. The molecule has 1 N–H and O–H groups in total. The van der Waals surface area contributed by atoms with Gasteiger partial charge in [-0.25, -0.2) is 0 Å². The van der Waals surface area contributed by atoms with E-state index in [-0.39, 0.29) is 22.6 Å². The van der Waals surface area contributed by atoms with Crippen molar-refractivity contribution in [1.82, 2.24) is 15.2 Å². The number of carbonyl (C=O) groups is 2. The Morgan fingerprint density at radius 3 is 2.55 bits per heavy atom. The molecule has 1 saturated heterocycles. The third-order valence-electron chi connectivity index (χ3n) is 4.80. The van der Waals surface area contributed by atoms with Crippen molar-refractivity contribution in [2.75, 3.05) is 12.9 Å². The van der Waals surface area contributed by atoms with Crippen LogP contribution in [-0.2, 0) is 11.3 Å². The number of amides is 2. The number of ether oxygens (including phenoxy) is 1. The van der Waals surface area contributed by atoms with Crippen molar-refractivity contribution < 1.29 is 14.3 Å². The molecule has 2 aromatic rings. The Balaban J connectivity index is 1.81. The Kier molecular flexibility index (Phi) is 6.47. The smallest absolute Gasteiger partial charge is 0.255 e. The Bertz CT molecular complexity index is 850. The molecule has 29 heavy (non-hydrogen) atoms. The van der Waals surface area contributed by atoms with Gasteiger partial charge in [0, 0.05) is 30.3 Å². The molecule has 1 aromatic heterocycles. The van der Waals surface area contributed by atoms with Gasteiger partial charge in [-0.15, -0.1) is 11.8 Å². The molecule has 0 spiro atoms. The van der Waals surface area contributed by atoms with Crippen LogP contribution in [0, 0.1) is 5.41 Å². The van der Waals surface area contributed by atoms with Gasteiger partial charge in [-0.1, -0.05) is 26.8 Å². The fourth-order valence-electron chi connectivity index (χ4n) is 3.32. The monoisotopic (exact) mass is 413 g/mol. The van der Waals surface area contributed by atoms with E-state index >= 15 is 0 Å². The van der Waals surface area contributed by atoms with Gasteiger partial charge in [0.2, 0.25) is 5.91 Å². The molecule has 0 radical (unpaired) electrons. The normalized spacial score (nSPS) is 19.1. The summed E-state index contributed by atoms with van der Waals surface area (Å²) in [7, 11) is 1.59. The first-order chi connectivity index (χ1) is 13.8. The van der Waals surface area contributed by atoms with Gasteiger partial charge in [0.15, 0.2) is 0 Å². The van der Waals surface area contributed by atoms with Gasteiger partial charge in [0.05, 0.1) is 12.5 Å². The molecule has 2 unspecified atom stereocenters. The van der Waals surface area contributed by atoms with Crippen LogP contribution in [0.4, 0.5) is 0 Å². The van der Waals surface area contributed by atoms with Crippen molar-refractivity contribution in [2.45, 2.75) is 38.7 Å². The minimum absolute atomic E-state index is 0.0914. The van der Waals surface area contributed by atoms with Crippen molar-refractivity contribution in [2.24, 2.45) is 5.41 Å². The summed E-state index contributed by atoms with van der Waals surface area (Å²) in [5.41, 5.74) is 1.31. The standard InChI is InChI=1S/C22H27N3O3S/c1-22(2,3)21-25(20(27)16-7-9-17(28-4)10-8-16)18(14-29-21)19(26)24-13-15-6-5-11-23-12-15/h5-12,18,21H,13-14H2,1-4H3,(H,24,26). The van der Waals surface area contributed by atoms with Crippen molar-refractivity contribution >= 4 is 23.6 Å². The summed E-state index contributed by atoms with van der Waals surface area (Å²) in [5.74, 6) is 0.979. The summed E-state index contributed by atoms with van der Waals surface area (Å²) in [6.45, 7) is 6.66. The van der Waals surface area contributed by atoms with Gasteiger partial charge >= 0.3 is 0 Å². The van der Waals surface area contributed by atoms with Gasteiger partial charge in [-0.05, 0) is 41.3 Å². The zero-order chi connectivity index (χ0) is 21.0. The highest BCUT2D eigenvalue weighted by Crippen LogP contribution is 2.41. The van der Waals surface area contributed by atoms with Crippen LogP contribution in [0.15, 0.2) is 48.8 Å².